The van der Waals surface area contributed by atoms with Crippen molar-refractivity contribution in [3.63, 3.8) is 0 Å². The first kappa shape index (κ1) is 8.32. The highest BCUT2D eigenvalue weighted by Crippen LogP contribution is 2.04. The highest BCUT2D eigenvalue weighted by atomic mass is 13.9. The standard InChI is InChI=1S/C10H14.CH4/c1-3-9-5-7-10(4-2)8-6-9;/h5-8H,3-4H2,1-2H3;1H4/i3D;. The van der Waals surface area contributed by atoms with Gasteiger partial charge in [0.2, 0.25) is 0 Å². The van der Waals surface area contributed by atoms with Crippen molar-refractivity contribution in [2.75, 3.05) is 0 Å². The summed E-state index contributed by atoms with van der Waals surface area (Å²) in [4.78, 5) is 0. The number of hydrogen-bond donors (Lipinski definition) is 0. The zero-order valence-corrected chi connectivity index (χ0v) is 6.59. The fraction of sp³-hybridized carbons (Fsp3) is 0.455. The fourth-order valence-corrected chi connectivity index (χ4v) is 0.946. The molecule has 1 rings (SSSR count). The van der Waals surface area contributed by atoms with Crippen LogP contribution >= 0.6 is 0 Å². The SMILES string of the molecule is C.[2H]C(C)c1ccc(CC)cc1. The van der Waals surface area contributed by atoms with Gasteiger partial charge in [0.25, 0.3) is 0 Å². The number of rotatable bonds is 2. The molecule has 1 unspecified atom stereocenters. The van der Waals surface area contributed by atoms with Gasteiger partial charge in [0.15, 0.2) is 0 Å². The minimum absolute atomic E-state index is 0. The molecule has 0 nitrogen and oxygen atoms in total. The molecule has 0 saturated heterocycles. The van der Waals surface area contributed by atoms with Gasteiger partial charge >= 0.3 is 0 Å². The van der Waals surface area contributed by atoms with Gasteiger partial charge in [0.05, 0.1) is 0 Å². The minimum Gasteiger partial charge on any atom is -0.0776 e. The molecule has 0 bridgehead atoms. The molecule has 0 aromatic heterocycles. The molecule has 0 amide bonds. The van der Waals surface area contributed by atoms with Crippen LogP contribution in [0.15, 0.2) is 24.3 Å². The van der Waals surface area contributed by atoms with Crippen molar-refractivity contribution < 1.29 is 1.37 Å². The molecule has 1 aromatic carbocycles. The summed E-state index contributed by atoms with van der Waals surface area (Å²) >= 11 is 0. The molecule has 0 aliphatic carbocycles. The van der Waals surface area contributed by atoms with E-state index in [0.29, 0.717) is 0 Å². The van der Waals surface area contributed by atoms with Gasteiger partial charge in [-0.05, 0) is 23.9 Å². The summed E-state index contributed by atoms with van der Waals surface area (Å²) in [6, 6.07) is 8.27. The molecule has 0 aliphatic rings. The quantitative estimate of drug-likeness (QED) is 0.607. The summed E-state index contributed by atoms with van der Waals surface area (Å²) in [5.41, 5.74) is 2.44. The van der Waals surface area contributed by atoms with Gasteiger partial charge in [-0.2, -0.15) is 0 Å². The molecule has 0 fully saturated rings. The second-order valence-corrected chi connectivity index (χ2v) is 2.38. The Kier molecular flexibility index (Phi) is 3.74. The molecule has 0 aliphatic heterocycles. The van der Waals surface area contributed by atoms with Gasteiger partial charge in [-0.3, -0.25) is 0 Å². The van der Waals surface area contributed by atoms with Crippen LogP contribution in [0, 0.1) is 0 Å². The van der Waals surface area contributed by atoms with E-state index < -0.39 is 0 Å². The Morgan fingerprint density at radius 1 is 1.09 bits per heavy atom. The monoisotopic (exact) mass is 151 g/mol. The second kappa shape index (κ2) is 4.95. The van der Waals surface area contributed by atoms with Crippen LogP contribution in [0.2, 0.25) is 0 Å². The fourth-order valence-electron chi connectivity index (χ4n) is 0.946. The van der Waals surface area contributed by atoms with E-state index in [1.165, 1.54) is 5.56 Å². The molecule has 0 heteroatoms. The lowest BCUT2D eigenvalue weighted by Gasteiger charge is -1.97. The smallest absolute Gasteiger partial charge is 0.0313 e. The highest BCUT2D eigenvalue weighted by Gasteiger charge is 1.88. The molecule has 1 aromatic rings. The van der Waals surface area contributed by atoms with Crippen molar-refractivity contribution in [3.8, 4) is 0 Å². The van der Waals surface area contributed by atoms with Gasteiger partial charge in [-0.1, -0.05) is 45.5 Å². The zero-order chi connectivity index (χ0) is 8.27. The van der Waals surface area contributed by atoms with Crippen LogP contribution < -0.4 is 0 Å². The Balaban J connectivity index is 0.00000121. The number of benzene rings is 1. The summed E-state index contributed by atoms with van der Waals surface area (Å²) in [5.74, 6) is 0. The molecule has 11 heavy (non-hydrogen) atoms. The first-order chi connectivity index (χ1) is 5.24. The molecule has 0 N–H and O–H groups in total. The van der Waals surface area contributed by atoms with Gasteiger partial charge in [0, 0.05) is 1.37 Å². The summed E-state index contributed by atoms with van der Waals surface area (Å²) in [5, 5.41) is 0. The first-order valence-corrected chi connectivity index (χ1v) is 3.75. The lowest BCUT2D eigenvalue weighted by atomic mass is 10.1. The van der Waals surface area contributed by atoms with Gasteiger partial charge in [-0.25, -0.2) is 0 Å². The van der Waals surface area contributed by atoms with E-state index in [4.69, 9.17) is 1.37 Å². The van der Waals surface area contributed by atoms with Crippen LogP contribution in [0.4, 0.5) is 0 Å². The molecular formula is C11H18. The van der Waals surface area contributed by atoms with Crippen molar-refractivity contribution in [2.45, 2.75) is 34.1 Å². The normalized spacial score (nSPS) is 13.1. The molecule has 0 spiro atoms. The Hall–Kier alpha value is -0.780. The predicted molar refractivity (Wildman–Crippen MR) is 51.9 cm³/mol. The third-order valence-electron chi connectivity index (χ3n) is 1.72. The minimum atomic E-state index is -0.0964. The number of hydrogen-bond acceptors (Lipinski definition) is 0. The molecular weight excluding hydrogens is 132 g/mol. The van der Waals surface area contributed by atoms with Crippen LogP contribution in [-0.4, -0.2) is 0 Å². The lowest BCUT2D eigenvalue weighted by molar-refractivity contribution is 1.10. The van der Waals surface area contributed by atoms with E-state index in [1.54, 1.807) is 0 Å². The van der Waals surface area contributed by atoms with E-state index in [-0.39, 0.29) is 13.8 Å². The second-order valence-electron chi connectivity index (χ2n) is 2.38. The Labute approximate surface area is 71.7 Å². The highest BCUT2D eigenvalue weighted by molar-refractivity contribution is 5.22. The average Bonchev–Trinajstić information content (AvgIpc) is 2.05. The van der Waals surface area contributed by atoms with Crippen LogP contribution in [-0.2, 0) is 12.8 Å². The first-order valence-electron chi connectivity index (χ1n) is 4.33. The third-order valence-corrected chi connectivity index (χ3v) is 1.72. The van der Waals surface area contributed by atoms with Crippen molar-refractivity contribution in [1.29, 1.82) is 0 Å². The van der Waals surface area contributed by atoms with Crippen LogP contribution in [0.1, 0.15) is 33.8 Å². The maximum atomic E-state index is 7.45. The number of aryl methyl sites for hydroxylation is 2. The summed E-state index contributed by atoms with van der Waals surface area (Å²) < 4.78 is 7.45. The van der Waals surface area contributed by atoms with E-state index in [9.17, 15) is 0 Å². The van der Waals surface area contributed by atoms with E-state index in [2.05, 4.69) is 19.1 Å². The zero-order valence-electron chi connectivity index (χ0n) is 7.59. The van der Waals surface area contributed by atoms with Crippen molar-refractivity contribution in [2.24, 2.45) is 0 Å². The van der Waals surface area contributed by atoms with Crippen LogP contribution in [0.5, 0.6) is 0 Å². The molecule has 1 atom stereocenters. The Bertz CT molecular complexity index is 211. The maximum absolute atomic E-state index is 7.45. The largest absolute Gasteiger partial charge is 0.0776 e. The molecule has 0 radical (unpaired) electrons. The van der Waals surface area contributed by atoms with Crippen molar-refractivity contribution in [1.82, 2.24) is 0 Å². The topological polar surface area (TPSA) is 0 Å². The maximum Gasteiger partial charge on any atom is 0.0313 e. The van der Waals surface area contributed by atoms with Crippen LogP contribution in [0.25, 0.3) is 0 Å². The van der Waals surface area contributed by atoms with Crippen molar-refractivity contribution >= 4 is 0 Å². The van der Waals surface area contributed by atoms with Crippen LogP contribution in [0.3, 0.4) is 0 Å². The lowest BCUT2D eigenvalue weighted by Crippen LogP contribution is -1.81. The predicted octanol–water partition coefficient (Wildman–Crippen LogP) is 3.45. The summed E-state index contributed by atoms with van der Waals surface area (Å²) in [6.07, 6.45) is 0.980. The van der Waals surface area contributed by atoms with E-state index >= 15 is 0 Å². The van der Waals surface area contributed by atoms with E-state index in [1.807, 2.05) is 19.1 Å². The molecule has 62 valence electrons. The van der Waals surface area contributed by atoms with E-state index in [0.717, 1.165) is 12.0 Å². The van der Waals surface area contributed by atoms with Crippen molar-refractivity contribution in [3.05, 3.63) is 35.4 Å². The molecule has 0 saturated carbocycles. The average molecular weight is 151 g/mol. The van der Waals surface area contributed by atoms with Gasteiger partial charge in [0.1, 0.15) is 0 Å². The third kappa shape index (κ3) is 2.75. The summed E-state index contributed by atoms with van der Waals surface area (Å²) in [7, 11) is 0. The molecule has 0 heterocycles. The Morgan fingerprint density at radius 3 is 1.91 bits per heavy atom. The van der Waals surface area contributed by atoms with Gasteiger partial charge < -0.3 is 0 Å². The van der Waals surface area contributed by atoms with Gasteiger partial charge in [-0.15, -0.1) is 0 Å². The summed E-state index contributed by atoms with van der Waals surface area (Å²) in [6.45, 7) is 4.03. The Morgan fingerprint density at radius 2 is 1.55 bits per heavy atom.